The van der Waals surface area contributed by atoms with Crippen LogP contribution in [0.4, 0.5) is 5.69 Å². The van der Waals surface area contributed by atoms with Crippen molar-refractivity contribution in [3.63, 3.8) is 0 Å². The fourth-order valence-corrected chi connectivity index (χ4v) is 3.21. The van der Waals surface area contributed by atoms with Gasteiger partial charge in [0.15, 0.2) is 0 Å². The quantitative estimate of drug-likeness (QED) is 0.794. The van der Waals surface area contributed by atoms with Gasteiger partial charge in [-0.05, 0) is 37.1 Å². The number of carbonyl (C=O) groups is 2. The second-order valence-electron chi connectivity index (χ2n) is 5.38. The number of hydrogen-bond acceptors (Lipinski definition) is 5. The van der Waals surface area contributed by atoms with Gasteiger partial charge in [-0.3, -0.25) is 4.79 Å². The molecular formula is C14H17N2O5S-. The van der Waals surface area contributed by atoms with Gasteiger partial charge >= 0.3 is 0 Å². The summed E-state index contributed by atoms with van der Waals surface area (Å²) in [5.74, 6) is -3.00. The highest BCUT2D eigenvalue weighted by Crippen LogP contribution is 2.30. The molecule has 0 aromatic heterocycles. The summed E-state index contributed by atoms with van der Waals surface area (Å²) in [6, 6.07) is 5.38. The van der Waals surface area contributed by atoms with E-state index in [0.717, 1.165) is 12.8 Å². The van der Waals surface area contributed by atoms with E-state index in [1.165, 1.54) is 24.3 Å². The number of sulfonamides is 1. The molecule has 2 rings (SSSR count). The summed E-state index contributed by atoms with van der Waals surface area (Å²) in [6.07, 6.45) is 2.50. The lowest BCUT2D eigenvalue weighted by molar-refractivity contribution is -0.313. The number of primary sulfonamides is 1. The van der Waals surface area contributed by atoms with Crippen LogP contribution in [0.1, 0.15) is 25.7 Å². The van der Waals surface area contributed by atoms with Crippen LogP contribution < -0.4 is 15.6 Å². The monoisotopic (exact) mass is 325 g/mol. The molecule has 1 saturated carbocycles. The number of carboxylic acids is 1. The van der Waals surface area contributed by atoms with E-state index in [-0.39, 0.29) is 4.90 Å². The highest BCUT2D eigenvalue weighted by molar-refractivity contribution is 7.89. The Bertz CT molecular complexity index is 669. The minimum atomic E-state index is -3.79. The number of carbonyl (C=O) groups excluding carboxylic acids is 2. The number of hydrogen-bond donors (Lipinski definition) is 2. The molecule has 0 spiro atoms. The number of anilines is 1. The molecule has 1 aliphatic rings. The van der Waals surface area contributed by atoms with Crippen LogP contribution in [0.15, 0.2) is 29.2 Å². The summed E-state index contributed by atoms with van der Waals surface area (Å²) in [5, 5.41) is 18.7. The third-order valence-electron chi connectivity index (χ3n) is 3.86. The van der Waals surface area contributed by atoms with Crippen molar-refractivity contribution in [1.29, 1.82) is 0 Å². The molecule has 22 heavy (non-hydrogen) atoms. The number of nitrogens with one attached hydrogen (secondary N) is 1. The lowest BCUT2D eigenvalue weighted by Gasteiger charge is -2.31. The van der Waals surface area contributed by atoms with Gasteiger partial charge in [0.05, 0.1) is 4.90 Å². The van der Waals surface area contributed by atoms with Gasteiger partial charge in [0.25, 0.3) is 0 Å². The Kier molecular flexibility index (Phi) is 4.82. The SMILES string of the molecule is NS(=O)(=O)c1ccc(NC(=O)[C@H]2CCCC[C@H]2C(=O)[O-])cc1. The molecule has 8 heteroatoms. The first-order valence-corrected chi connectivity index (χ1v) is 8.48. The average Bonchev–Trinajstić information content (AvgIpc) is 2.46. The zero-order valence-electron chi connectivity index (χ0n) is 11.8. The van der Waals surface area contributed by atoms with Gasteiger partial charge in [-0.15, -0.1) is 0 Å². The van der Waals surface area contributed by atoms with Gasteiger partial charge in [-0.25, -0.2) is 13.6 Å². The van der Waals surface area contributed by atoms with Gasteiger partial charge in [-0.1, -0.05) is 12.8 Å². The maximum Gasteiger partial charge on any atom is 0.238 e. The molecule has 120 valence electrons. The lowest BCUT2D eigenvalue weighted by Crippen LogP contribution is -2.42. The Hall–Kier alpha value is -1.93. The number of carboxylic acid groups (broad SMARTS) is 1. The van der Waals surface area contributed by atoms with E-state index in [2.05, 4.69) is 5.32 Å². The second kappa shape index (κ2) is 6.45. The Morgan fingerprint density at radius 2 is 1.64 bits per heavy atom. The zero-order valence-corrected chi connectivity index (χ0v) is 12.6. The summed E-state index contributed by atoms with van der Waals surface area (Å²) in [4.78, 5) is 23.3. The van der Waals surface area contributed by atoms with E-state index >= 15 is 0 Å². The van der Waals surface area contributed by atoms with Crippen molar-refractivity contribution < 1.29 is 23.1 Å². The summed E-state index contributed by atoms with van der Waals surface area (Å²) in [5.41, 5.74) is 0.389. The smallest absolute Gasteiger partial charge is 0.238 e. The van der Waals surface area contributed by atoms with E-state index < -0.39 is 33.7 Å². The standard InChI is InChI=1S/C14H18N2O5S/c15-22(20,21)10-7-5-9(6-8-10)16-13(17)11-3-1-2-4-12(11)14(18)19/h5-8,11-12H,1-4H2,(H,16,17)(H,18,19)(H2,15,20,21)/p-1/t11-,12+/m0/s1. The van der Waals surface area contributed by atoms with Crippen molar-refractivity contribution >= 4 is 27.6 Å². The molecule has 7 nitrogen and oxygen atoms in total. The van der Waals surface area contributed by atoms with Crippen LogP contribution in [0.2, 0.25) is 0 Å². The molecule has 0 radical (unpaired) electrons. The molecule has 3 N–H and O–H groups in total. The highest BCUT2D eigenvalue weighted by Gasteiger charge is 2.31. The average molecular weight is 325 g/mol. The maximum atomic E-state index is 12.2. The molecule has 0 aliphatic heterocycles. The molecular weight excluding hydrogens is 308 g/mol. The van der Waals surface area contributed by atoms with E-state index in [1.54, 1.807) is 0 Å². The van der Waals surface area contributed by atoms with Crippen molar-refractivity contribution in [2.75, 3.05) is 5.32 Å². The Morgan fingerprint density at radius 1 is 1.09 bits per heavy atom. The molecule has 0 bridgehead atoms. The molecule has 1 aliphatic carbocycles. The van der Waals surface area contributed by atoms with Crippen LogP contribution >= 0.6 is 0 Å². The molecule has 1 aromatic carbocycles. The molecule has 2 atom stereocenters. The van der Waals surface area contributed by atoms with Crippen molar-refractivity contribution in [2.24, 2.45) is 17.0 Å². The first-order chi connectivity index (χ1) is 10.3. The van der Waals surface area contributed by atoms with Crippen LogP contribution in [0.5, 0.6) is 0 Å². The fourth-order valence-electron chi connectivity index (χ4n) is 2.69. The van der Waals surface area contributed by atoms with Crippen molar-refractivity contribution in [2.45, 2.75) is 30.6 Å². The van der Waals surface area contributed by atoms with Crippen LogP contribution in [0.3, 0.4) is 0 Å². The minimum absolute atomic E-state index is 0.0595. The highest BCUT2D eigenvalue weighted by atomic mass is 32.2. The van der Waals surface area contributed by atoms with E-state index in [1.807, 2.05) is 0 Å². The van der Waals surface area contributed by atoms with E-state index in [4.69, 9.17) is 5.14 Å². The molecule has 1 aromatic rings. The number of amides is 1. The van der Waals surface area contributed by atoms with E-state index in [9.17, 15) is 23.1 Å². The minimum Gasteiger partial charge on any atom is -0.550 e. The van der Waals surface area contributed by atoms with Crippen molar-refractivity contribution in [1.82, 2.24) is 0 Å². The van der Waals surface area contributed by atoms with Gasteiger partial charge < -0.3 is 15.2 Å². The van der Waals surface area contributed by atoms with Gasteiger partial charge in [0.2, 0.25) is 15.9 Å². The zero-order chi connectivity index (χ0) is 16.3. The Morgan fingerprint density at radius 3 is 2.14 bits per heavy atom. The largest absolute Gasteiger partial charge is 0.550 e. The van der Waals surface area contributed by atoms with Gasteiger partial charge in [0.1, 0.15) is 0 Å². The summed E-state index contributed by atoms with van der Waals surface area (Å²) in [6.45, 7) is 0. The van der Waals surface area contributed by atoms with Gasteiger partial charge in [0, 0.05) is 23.5 Å². The number of benzene rings is 1. The molecule has 1 fully saturated rings. The molecule has 0 saturated heterocycles. The summed E-state index contributed by atoms with van der Waals surface area (Å²) in [7, 11) is -3.79. The summed E-state index contributed by atoms with van der Waals surface area (Å²) < 4.78 is 22.3. The van der Waals surface area contributed by atoms with E-state index in [0.29, 0.717) is 18.5 Å². The lowest BCUT2D eigenvalue weighted by atomic mass is 9.78. The number of rotatable bonds is 4. The van der Waals surface area contributed by atoms with Crippen molar-refractivity contribution in [3.05, 3.63) is 24.3 Å². The molecule has 0 heterocycles. The molecule has 1 amide bonds. The van der Waals surface area contributed by atoms with Crippen LogP contribution in [-0.4, -0.2) is 20.3 Å². The third kappa shape index (κ3) is 3.83. The molecule has 0 unspecified atom stereocenters. The van der Waals surface area contributed by atoms with Crippen LogP contribution in [0.25, 0.3) is 0 Å². The van der Waals surface area contributed by atoms with Crippen LogP contribution in [0, 0.1) is 11.8 Å². The normalized spacial score (nSPS) is 22.0. The number of aliphatic carboxylic acids is 1. The van der Waals surface area contributed by atoms with Crippen LogP contribution in [-0.2, 0) is 19.6 Å². The third-order valence-corrected chi connectivity index (χ3v) is 4.79. The fraction of sp³-hybridized carbons (Fsp3) is 0.429. The predicted octanol–water partition coefficient (Wildman–Crippen LogP) is -0.171. The Balaban J connectivity index is 2.09. The van der Waals surface area contributed by atoms with Crippen molar-refractivity contribution in [3.8, 4) is 0 Å². The van der Waals surface area contributed by atoms with Gasteiger partial charge in [-0.2, -0.15) is 0 Å². The maximum absolute atomic E-state index is 12.2. The second-order valence-corrected chi connectivity index (χ2v) is 6.94. The number of nitrogens with two attached hydrogens (primary N) is 1. The topological polar surface area (TPSA) is 129 Å². The predicted molar refractivity (Wildman–Crippen MR) is 76.9 cm³/mol. The summed E-state index contributed by atoms with van der Waals surface area (Å²) >= 11 is 0. The Labute approximate surface area is 128 Å². The first-order valence-electron chi connectivity index (χ1n) is 6.93. The first kappa shape index (κ1) is 16.4.